The van der Waals surface area contributed by atoms with Crippen LogP contribution in [0.4, 0.5) is 28.4 Å². The number of thiophene rings is 1. The van der Waals surface area contributed by atoms with E-state index < -0.39 is 0 Å². The first-order chi connectivity index (χ1) is 33.7. The highest BCUT2D eigenvalue weighted by atomic mass is 32.1. The zero-order valence-corrected chi connectivity index (χ0v) is 44.4. The molecule has 7 aromatic carbocycles. The highest BCUT2D eigenvalue weighted by molar-refractivity contribution is 7.29. The van der Waals surface area contributed by atoms with Crippen molar-refractivity contribution in [2.75, 3.05) is 10.2 Å². The monoisotopic (exact) mass is 947 g/mol. The van der Waals surface area contributed by atoms with Crippen LogP contribution in [0.25, 0.3) is 65.1 Å². The number of nitrogens with zero attached hydrogens (tertiary/aromatic N) is 1. The van der Waals surface area contributed by atoms with E-state index >= 15 is 0 Å². The average molecular weight is 948 g/mol. The number of anilines is 5. The lowest BCUT2D eigenvalue weighted by atomic mass is 9.60. The van der Waals surface area contributed by atoms with Gasteiger partial charge >= 0.3 is 0 Å². The van der Waals surface area contributed by atoms with Crippen LogP contribution in [0.1, 0.15) is 135 Å². The summed E-state index contributed by atoms with van der Waals surface area (Å²) in [5, 5.41) is 9.66. The van der Waals surface area contributed by atoms with E-state index in [2.05, 4.69) is 216 Å². The molecule has 0 saturated heterocycles. The Hall–Kier alpha value is -6.24. The van der Waals surface area contributed by atoms with E-state index in [0.29, 0.717) is 0 Å². The third-order valence-corrected chi connectivity index (χ3v) is 18.4. The maximum Gasteiger partial charge on any atom is 0.212 e. The lowest BCUT2D eigenvalue weighted by Crippen LogP contribution is -2.40. The standard InChI is InChI=1S/C65H64BN2O2S/c1-36-31-43-45(64(9,10)29-27-62(43,5)6)34-48(36)68-49-33-41-39-17-13-15-19-50(39)70-59(41)56(57(49)66-60-58(68)42-32-44-46(35-53(42)71-60)65(11,12)30-28-63(44,7)8)55-47(67-38-23-21-37(22-24-38)61(2,3)4)25-26-52-54(55)40-18-14-16-20-51(40)69-52/h13-26,31-35,67H,27-30H2,1-12H3. The molecule has 2 aliphatic carbocycles. The fourth-order valence-electron chi connectivity index (χ4n) is 12.8. The Morgan fingerprint density at radius 2 is 1.15 bits per heavy atom. The SMILES string of the molecule is Cc1cc2c(cc1N1c3cc4c(oc5ccccc54)c(-c4c(Nc5ccc(C(C)(C)C)cc5)ccc5oc6ccccc6c45)c3[B]c3sc4cc5c(cc4c31)C(C)(C)CCC5(C)C)C(C)(C)CCC2(C)C. The molecule has 1 N–H and O–H groups in total. The summed E-state index contributed by atoms with van der Waals surface area (Å²) in [5.41, 5.74) is 21.2. The summed E-state index contributed by atoms with van der Waals surface area (Å²) < 4.78 is 16.6. The Morgan fingerprint density at radius 1 is 0.563 bits per heavy atom. The summed E-state index contributed by atoms with van der Waals surface area (Å²) in [4.78, 5) is 2.68. The number of benzene rings is 7. The third kappa shape index (κ3) is 6.68. The van der Waals surface area contributed by atoms with Gasteiger partial charge in [-0.2, -0.15) is 0 Å². The second-order valence-corrected chi connectivity index (χ2v) is 26.1. The van der Waals surface area contributed by atoms with Gasteiger partial charge in [-0.3, -0.25) is 0 Å². The van der Waals surface area contributed by atoms with Gasteiger partial charge in [0, 0.05) is 65.5 Å². The Labute approximate surface area is 423 Å². The largest absolute Gasteiger partial charge is 0.456 e. The summed E-state index contributed by atoms with van der Waals surface area (Å²) in [6.45, 7) is 28.8. The highest BCUT2D eigenvalue weighted by Crippen LogP contribution is 2.55. The first-order valence-corrected chi connectivity index (χ1v) is 26.7. The molecule has 0 amide bonds. The molecular formula is C65H64BN2O2S. The summed E-state index contributed by atoms with van der Waals surface area (Å²) in [7, 11) is 2.51. The lowest BCUT2D eigenvalue weighted by molar-refractivity contribution is 0.332. The van der Waals surface area contributed by atoms with Crippen LogP contribution in [0.2, 0.25) is 0 Å². The van der Waals surface area contributed by atoms with E-state index in [4.69, 9.17) is 8.83 Å². The van der Waals surface area contributed by atoms with E-state index in [9.17, 15) is 0 Å². The predicted molar refractivity (Wildman–Crippen MR) is 305 cm³/mol. The van der Waals surface area contributed by atoms with Gasteiger partial charge in [0.15, 0.2) is 0 Å². The van der Waals surface area contributed by atoms with Gasteiger partial charge < -0.3 is 19.1 Å². The zero-order valence-electron chi connectivity index (χ0n) is 43.5. The second-order valence-electron chi connectivity index (χ2n) is 25.0. The van der Waals surface area contributed by atoms with Crippen molar-refractivity contribution >= 4 is 111 Å². The number of fused-ring (bicyclic) bond motifs is 12. The maximum atomic E-state index is 7.26. The molecule has 13 rings (SSSR count). The van der Waals surface area contributed by atoms with Crippen LogP contribution in [-0.2, 0) is 27.1 Å². The second kappa shape index (κ2) is 14.9. The van der Waals surface area contributed by atoms with Gasteiger partial charge in [-0.1, -0.05) is 131 Å². The van der Waals surface area contributed by atoms with Crippen molar-refractivity contribution in [3.8, 4) is 11.1 Å². The van der Waals surface area contributed by atoms with Crippen molar-refractivity contribution < 1.29 is 8.83 Å². The molecule has 4 heterocycles. The van der Waals surface area contributed by atoms with Gasteiger partial charge in [-0.15, -0.1) is 11.3 Å². The normalized spacial score (nSPS) is 17.6. The molecule has 0 fully saturated rings. The van der Waals surface area contributed by atoms with Crippen LogP contribution < -0.4 is 20.5 Å². The first kappa shape index (κ1) is 44.7. The number of para-hydroxylation sites is 2. The molecule has 10 aromatic rings. The van der Waals surface area contributed by atoms with E-state index in [1.54, 1.807) is 0 Å². The first-order valence-electron chi connectivity index (χ1n) is 25.9. The molecule has 3 aromatic heterocycles. The molecule has 0 spiro atoms. The minimum Gasteiger partial charge on any atom is -0.456 e. The quantitative estimate of drug-likeness (QED) is 0.179. The molecule has 0 atom stereocenters. The number of nitrogens with one attached hydrogen (secondary N) is 1. The molecular weight excluding hydrogens is 884 g/mol. The van der Waals surface area contributed by atoms with Gasteiger partial charge in [-0.05, 0) is 164 Å². The highest BCUT2D eigenvalue weighted by Gasteiger charge is 2.42. The molecule has 0 saturated carbocycles. The van der Waals surface area contributed by atoms with Crippen LogP contribution in [-0.4, -0.2) is 7.28 Å². The minimum atomic E-state index is 0.0196. The number of hydrogen-bond acceptors (Lipinski definition) is 5. The van der Waals surface area contributed by atoms with E-state index in [1.165, 1.54) is 78.9 Å². The molecule has 1 radical (unpaired) electrons. The van der Waals surface area contributed by atoms with Gasteiger partial charge in [0.25, 0.3) is 0 Å². The van der Waals surface area contributed by atoms with Gasteiger partial charge in [0.05, 0.1) is 5.69 Å². The zero-order chi connectivity index (χ0) is 49.3. The number of furan rings is 2. The van der Waals surface area contributed by atoms with E-state index in [0.717, 1.165) is 83.9 Å². The Bertz CT molecular complexity index is 3890. The summed E-state index contributed by atoms with van der Waals surface area (Å²) >= 11 is 1.94. The number of hydrogen-bond donors (Lipinski definition) is 1. The minimum absolute atomic E-state index is 0.0196. The topological polar surface area (TPSA) is 41.6 Å². The molecule has 1 aliphatic heterocycles. The molecule has 3 aliphatic rings. The van der Waals surface area contributed by atoms with Crippen LogP contribution in [0, 0.1) is 6.92 Å². The van der Waals surface area contributed by atoms with Crippen molar-refractivity contribution in [1.29, 1.82) is 0 Å². The summed E-state index contributed by atoms with van der Waals surface area (Å²) in [6.07, 6.45) is 4.66. The average Bonchev–Trinajstić information content (AvgIpc) is 4.01. The Morgan fingerprint density at radius 3 is 1.82 bits per heavy atom. The van der Waals surface area contributed by atoms with Crippen molar-refractivity contribution in [3.05, 3.63) is 149 Å². The molecule has 0 unspecified atom stereocenters. The molecule has 4 nitrogen and oxygen atoms in total. The van der Waals surface area contributed by atoms with Gasteiger partial charge in [0.2, 0.25) is 7.28 Å². The van der Waals surface area contributed by atoms with Crippen molar-refractivity contribution in [3.63, 3.8) is 0 Å². The van der Waals surface area contributed by atoms with Crippen LogP contribution in [0.15, 0.2) is 124 Å². The smallest absolute Gasteiger partial charge is 0.212 e. The summed E-state index contributed by atoms with van der Waals surface area (Å²) in [5.74, 6) is 0. The van der Waals surface area contributed by atoms with Crippen LogP contribution >= 0.6 is 11.3 Å². The van der Waals surface area contributed by atoms with Crippen molar-refractivity contribution in [1.82, 2.24) is 0 Å². The third-order valence-electron chi connectivity index (χ3n) is 17.3. The Kier molecular flexibility index (Phi) is 9.39. The van der Waals surface area contributed by atoms with Crippen LogP contribution in [0.3, 0.4) is 0 Å². The summed E-state index contributed by atoms with van der Waals surface area (Å²) in [6, 6.07) is 43.2. The maximum absolute atomic E-state index is 7.26. The van der Waals surface area contributed by atoms with Crippen molar-refractivity contribution in [2.45, 2.75) is 136 Å². The number of aryl methyl sites for hydroxylation is 1. The van der Waals surface area contributed by atoms with E-state index in [1.807, 2.05) is 11.3 Å². The van der Waals surface area contributed by atoms with Crippen molar-refractivity contribution in [2.24, 2.45) is 0 Å². The van der Waals surface area contributed by atoms with Gasteiger partial charge in [0.1, 0.15) is 22.3 Å². The number of rotatable bonds is 4. The lowest BCUT2D eigenvalue weighted by Gasteiger charge is -2.44. The Balaban J connectivity index is 1.17. The van der Waals surface area contributed by atoms with Gasteiger partial charge in [-0.25, -0.2) is 0 Å². The predicted octanol–water partition coefficient (Wildman–Crippen LogP) is 17.9. The molecule has 71 heavy (non-hydrogen) atoms. The molecule has 6 heteroatoms. The van der Waals surface area contributed by atoms with E-state index in [-0.39, 0.29) is 27.1 Å². The fourth-order valence-corrected chi connectivity index (χ4v) is 13.9. The van der Waals surface area contributed by atoms with Crippen LogP contribution in [0.5, 0.6) is 0 Å². The molecule has 355 valence electrons. The molecule has 0 bridgehead atoms. The fraction of sp³-hybridized carbons (Fsp3) is 0.323.